The fraction of sp³-hybridized carbons (Fsp3) is 0.900. The second-order valence-electron chi connectivity index (χ2n) is 4.56. The molecular formula is C10H17NO2. The number of carboxylic acid groups (broad SMARTS) is 1. The first kappa shape index (κ1) is 9.00. The summed E-state index contributed by atoms with van der Waals surface area (Å²) in [5.74, 6) is 0.515. The Morgan fingerprint density at radius 3 is 2.08 bits per heavy atom. The number of carboxylic acids is 1. The zero-order valence-electron chi connectivity index (χ0n) is 7.83. The van der Waals surface area contributed by atoms with Gasteiger partial charge in [0.25, 0.3) is 0 Å². The molecule has 0 aliphatic heterocycles. The highest BCUT2D eigenvalue weighted by molar-refractivity contribution is 5.68. The van der Waals surface area contributed by atoms with Crippen LogP contribution in [0.3, 0.4) is 0 Å². The lowest BCUT2D eigenvalue weighted by Gasteiger charge is -2.31. The summed E-state index contributed by atoms with van der Waals surface area (Å²) in [6, 6.07) is 0. The molecule has 3 N–H and O–H groups in total. The predicted molar refractivity (Wildman–Crippen MR) is 49.2 cm³/mol. The van der Waals surface area contributed by atoms with Gasteiger partial charge in [0.2, 0.25) is 0 Å². The van der Waals surface area contributed by atoms with Crippen molar-refractivity contribution >= 4 is 5.97 Å². The molecule has 0 spiro atoms. The van der Waals surface area contributed by atoms with Crippen molar-refractivity contribution in [2.75, 3.05) is 6.54 Å². The predicted octanol–water partition coefficient (Wildman–Crippen LogP) is 1.23. The molecule has 2 aliphatic carbocycles. The maximum atomic E-state index is 10.8. The lowest BCUT2D eigenvalue weighted by Crippen LogP contribution is -2.37. The number of carbonyl (C=O) groups is 1. The third kappa shape index (κ3) is 1.17. The van der Waals surface area contributed by atoms with E-state index in [1.807, 2.05) is 0 Å². The molecule has 3 nitrogen and oxygen atoms in total. The van der Waals surface area contributed by atoms with Gasteiger partial charge < -0.3 is 10.8 Å². The monoisotopic (exact) mass is 183 g/mol. The molecule has 0 atom stereocenters. The number of rotatable bonds is 3. The van der Waals surface area contributed by atoms with E-state index in [-0.39, 0.29) is 5.41 Å². The molecule has 0 saturated heterocycles. The first-order chi connectivity index (χ1) is 6.19. The minimum absolute atomic E-state index is 0.0359. The largest absolute Gasteiger partial charge is 0.481 e. The van der Waals surface area contributed by atoms with Gasteiger partial charge in [-0.05, 0) is 49.5 Å². The van der Waals surface area contributed by atoms with Crippen molar-refractivity contribution in [2.45, 2.75) is 32.1 Å². The highest BCUT2D eigenvalue weighted by atomic mass is 16.4. The first-order valence-electron chi connectivity index (χ1n) is 5.11. The van der Waals surface area contributed by atoms with Crippen LogP contribution in [0.15, 0.2) is 0 Å². The molecule has 2 bridgehead atoms. The number of aliphatic carboxylic acids is 1. The van der Waals surface area contributed by atoms with Crippen molar-refractivity contribution in [2.24, 2.45) is 23.0 Å². The molecule has 0 amide bonds. The molecule has 0 unspecified atom stereocenters. The summed E-state index contributed by atoms with van der Waals surface area (Å²) in [6.45, 7) is 0.564. The van der Waals surface area contributed by atoms with Crippen LogP contribution in [0.2, 0.25) is 0 Å². The summed E-state index contributed by atoms with van der Waals surface area (Å²) in [7, 11) is 0. The summed E-state index contributed by atoms with van der Waals surface area (Å²) < 4.78 is 0. The van der Waals surface area contributed by atoms with E-state index in [1.165, 1.54) is 25.7 Å². The summed E-state index contributed by atoms with van der Waals surface area (Å²) in [5, 5.41) is 8.88. The highest BCUT2D eigenvalue weighted by Crippen LogP contribution is 2.59. The molecule has 74 valence electrons. The van der Waals surface area contributed by atoms with E-state index in [0.29, 0.717) is 24.8 Å². The molecule has 13 heavy (non-hydrogen) atoms. The maximum absolute atomic E-state index is 10.8. The van der Waals surface area contributed by atoms with E-state index in [0.717, 1.165) is 0 Å². The van der Waals surface area contributed by atoms with E-state index in [2.05, 4.69) is 0 Å². The number of hydrogen-bond donors (Lipinski definition) is 2. The number of fused-ring (bicyclic) bond motifs is 2. The Kier molecular flexibility index (Phi) is 2.06. The van der Waals surface area contributed by atoms with Gasteiger partial charge in [0, 0.05) is 0 Å². The Morgan fingerprint density at radius 2 is 1.77 bits per heavy atom. The normalized spacial score (nSPS) is 42.5. The molecule has 0 aromatic heterocycles. The zero-order valence-corrected chi connectivity index (χ0v) is 7.83. The average molecular weight is 183 g/mol. The first-order valence-corrected chi connectivity index (χ1v) is 5.11. The Bertz CT molecular complexity index is 207. The summed E-state index contributed by atoms with van der Waals surface area (Å²) >= 11 is 0. The molecule has 2 saturated carbocycles. The van der Waals surface area contributed by atoms with Crippen LogP contribution >= 0.6 is 0 Å². The molecule has 0 aromatic carbocycles. The third-order valence-electron chi connectivity index (χ3n) is 4.21. The standard InChI is InChI=1S/C10H17NO2/c11-6-10(5-9(12)13)7-1-2-8(10)4-3-7/h7-8H,1-6,11H2,(H,12,13). The van der Waals surface area contributed by atoms with E-state index in [1.54, 1.807) is 0 Å². The fourth-order valence-electron chi connectivity index (χ4n) is 3.55. The van der Waals surface area contributed by atoms with Gasteiger partial charge in [-0.1, -0.05) is 0 Å². The fourth-order valence-corrected chi connectivity index (χ4v) is 3.55. The van der Waals surface area contributed by atoms with Crippen molar-refractivity contribution in [1.82, 2.24) is 0 Å². The van der Waals surface area contributed by atoms with Crippen LogP contribution in [0, 0.1) is 17.3 Å². The van der Waals surface area contributed by atoms with Gasteiger partial charge in [-0.15, -0.1) is 0 Å². The van der Waals surface area contributed by atoms with E-state index < -0.39 is 5.97 Å². The van der Waals surface area contributed by atoms with Crippen LogP contribution in [0.1, 0.15) is 32.1 Å². The van der Waals surface area contributed by atoms with Crippen LogP contribution in [-0.4, -0.2) is 17.6 Å². The molecule has 2 fully saturated rings. The van der Waals surface area contributed by atoms with Crippen LogP contribution < -0.4 is 5.73 Å². The van der Waals surface area contributed by atoms with Crippen molar-refractivity contribution in [3.8, 4) is 0 Å². The second-order valence-corrected chi connectivity index (χ2v) is 4.56. The molecule has 0 aromatic rings. The van der Waals surface area contributed by atoms with Gasteiger partial charge in [0.1, 0.15) is 0 Å². The summed E-state index contributed by atoms with van der Waals surface area (Å²) in [4.78, 5) is 10.8. The Hall–Kier alpha value is -0.570. The Labute approximate surface area is 78.3 Å². The Balaban J connectivity index is 2.19. The van der Waals surface area contributed by atoms with E-state index >= 15 is 0 Å². The molecular weight excluding hydrogens is 166 g/mol. The smallest absolute Gasteiger partial charge is 0.303 e. The number of nitrogens with two attached hydrogens (primary N) is 1. The Morgan fingerprint density at radius 1 is 1.31 bits per heavy atom. The van der Waals surface area contributed by atoms with Crippen LogP contribution in [0.4, 0.5) is 0 Å². The molecule has 2 aliphatic rings. The molecule has 3 heteroatoms. The van der Waals surface area contributed by atoms with Crippen molar-refractivity contribution in [3.63, 3.8) is 0 Å². The maximum Gasteiger partial charge on any atom is 0.303 e. The number of hydrogen-bond acceptors (Lipinski definition) is 2. The lowest BCUT2D eigenvalue weighted by atomic mass is 9.75. The molecule has 2 rings (SSSR count). The van der Waals surface area contributed by atoms with Crippen LogP contribution in [0.5, 0.6) is 0 Å². The lowest BCUT2D eigenvalue weighted by molar-refractivity contribution is -0.140. The van der Waals surface area contributed by atoms with Gasteiger partial charge in [-0.3, -0.25) is 4.79 Å². The van der Waals surface area contributed by atoms with Gasteiger partial charge in [0.05, 0.1) is 6.42 Å². The van der Waals surface area contributed by atoms with Crippen molar-refractivity contribution < 1.29 is 9.90 Å². The van der Waals surface area contributed by atoms with Crippen LogP contribution in [-0.2, 0) is 4.79 Å². The summed E-state index contributed by atoms with van der Waals surface area (Å²) in [5.41, 5.74) is 5.74. The van der Waals surface area contributed by atoms with Crippen LogP contribution in [0.25, 0.3) is 0 Å². The van der Waals surface area contributed by atoms with Crippen molar-refractivity contribution in [3.05, 3.63) is 0 Å². The van der Waals surface area contributed by atoms with Gasteiger partial charge >= 0.3 is 5.97 Å². The van der Waals surface area contributed by atoms with Gasteiger partial charge in [0.15, 0.2) is 0 Å². The summed E-state index contributed by atoms with van der Waals surface area (Å²) in [6.07, 6.45) is 5.10. The average Bonchev–Trinajstić information content (AvgIpc) is 2.60. The van der Waals surface area contributed by atoms with E-state index in [4.69, 9.17) is 10.8 Å². The molecule has 0 heterocycles. The minimum Gasteiger partial charge on any atom is -0.481 e. The van der Waals surface area contributed by atoms with Crippen molar-refractivity contribution in [1.29, 1.82) is 0 Å². The van der Waals surface area contributed by atoms with Gasteiger partial charge in [-0.25, -0.2) is 0 Å². The minimum atomic E-state index is -0.677. The quantitative estimate of drug-likeness (QED) is 0.691. The second kappa shape index (κ2) is 2.98. The third-order valence-corrected chi connectivity index (χ3v) is 4.21. The topological polar surface area (TPSA) is 63.3 Å². The van der Waals surface area contributed by atoms with Gasteiger partial charge in [-0.2, -0.15) is 0 Å². The molecule has 0 radical (unpaired) electrons. The SMILES string of the molecule is NCC1(CC(=O)O)C2CCC1CC2. The zero-order chi connectivity index (χ0) is 9.47. The van der Waals surface area contributed by atoms with E-state index in [9.17, 15) is 4.79 Å². The highest BCUT2D eigenvalue weighted by Gasteiger charge is 2.54.